The second kappa shape index (κ2) is 7.06. The van der Waals surface area contributed by atoms with Crippen molar-refractivity contribution in [1.82, 2.24) is 0 Å². The van der Waals surface area contributed by atoms with Gasteiger partial charge < -0.3 is 4.74 Å². The van der Waals surface area contributed by atoms with Crippen LogP contribution in [0.2, 0.25) is 0 Å². The lowest BCUT2D eigenvalue weighted by atomic mass is 10.3. The maximum Gasteiger partial charge on any atom is 0.310 e. The molecule has 0 fully saturated rings. The normalized spacial score (nSPS) is 9.91. The van der Waals surface area contributed by atoms with Gasteiger partial charge in [0.2, 0.25) is 0 Å². The Balaban J connectivity index is 3.30. The third-order valence-electron chi connectivity index (χ3n) is 1.13. The predicted molar refractivity (Wildman–Crippen MR) is 45.0 cm³/mol. The Kier molecular flexibility index (Phi) is 6.39. The number of esters is 1. The van der Waals surface area contributed by atoms with E-state index >= 15 is 0 Å². The number of hydrogen-bond acceptors (Lipinski definition) is 2. The van der Waals surface area contributed by atoms with Crippen LogP contribution in [0, 0.1) is 0 Å². The molecule has 2 nitrogen and oxygen atoms in total. The highest BCUT2D eigenvalue weighted by Gasteiger charge is 1.96. The Morgan fingerprint density at radius 3 is 2.82 bits per heavy atom. The van der Waals surface area contributed by atoms with Crippen molar-refractivity contribution in [3.63, 3.8) is 0 Å². The fourth-order valence-electron chi connectivity index (χ4n) is 0.638. The molecule has 0 aromatic heterocycles. The molecule has 0 rings (SSSR count). The summed E-state index contributed by atoms with van der Waals surface area (Å²) in [4.78, 5) is 10.7. The van der Waals surface area contributed by atoms with Crippen molar-refractivity contribution in [2.45, 2.75) is 26.2 Å². The summed E-state index contributed by atoms with van der Waals surface area (Å²) in [5.41, 5.74) is 0. The average molecular weight is 154 g/mol. The van der Waals surface area contributed by atoms with Crippen LogP contribution >= 0.6 is 0 Å². The Labute approximate surface area is 67.6 Å². The molecule has 0 heterocycles. The third-order valence-corrected chi connectivity index (χ3v) is 1.13. The van der Waals surface area contributed by atoms with E-state index in [1.807, 2.05) is 12.2 Å². The first-order chi connectivity index (χ1) is 5.31. The summed E-state index contributed by atoms with van der Waals surface area (Å²) >= 11 is 0. The smallest absolute Gasteiger partial charge is 0.310 e. The average Bonchev–Trinajstić information content (AvgIpc) is 1.99. The fraction of sp³-hybridized carbons (Fsp3) is 0.444. The Bertz CT molecular complexity index is 148. The lowest BCUT2D eigenvalue weighted by Gasteiger charge is -1.93. The summed E-state index contributed by atoms with van der Waals surface area (Å²) in [6.07, 6.45) is 7.36. The van der Waals surface area contributed by atoms with E-state index in [1.165, 1.54) is 0 Å². The summed E-state index contributed by atoms with van der Waals surface area (Å²) in [6, 6.07) is 0. The van der Waals surface area contributed by atoms with Gasteiger partial charge >= 0.3 is 5.97 Å². The van der Waals surface area contributed by atoms with E-state index < -0.39 is 0 Å². The highest BCUT2D eigenvalue weighted by molar-refractivity contribution is 5.70. The number of carbonyl (C=O) groups excluding carboxylic acids is 1. The number of allylic oxidation sites excluding steroid dienone is 2. The first-order valence-electron chi connectivity index (χ1n) is 3.76. The van der Waals surface area contributed by atoms with Crippen molar-refractivity contribution in [3.8, 4) is 0 Å². The van der Waals surface area contributed by atoms with Crippen LogP contribution < -0.4 is 0 Å². The molecule has 0 bridgehead atoms. The zero-order chi connectivity index (χ0) is 8.53. The summed E-state index contributed by atoms with van der Waals surface area (Å²) < 4.78 is 4.51. The summed E-state index contributed by atoms with van der Waals surface area (Å²) in [7, 11) is 0. The molecule has 0 spiro atoms. The van der Waals surface area contributed by atoms with Crippen LogP contribution in [-0.4, -0.2) is 5.97 Å². The highest BCUT2D eigenvalue weighted by atomic mass is 16.5. The van der Waals surface area contributed by atoms with Gasteiger partial charge in [0.1, 0.15) is 0 Å². The summed E-state index contributed by atoms with van der Waals surface area (Å²) in [5.74, 6) is -0.222. The number of rotatable bonds is 5. The topological polar surface area (TPSA) is 26.3 Å². The molecule has 0 aromatic carbocycles. The van der Waals surface area contributed by atoms with E-state index in [2.05, 4.69) is 18.2 Å². The van der Waals surface area contributed by atoms with Gasteiger partial charge in [-0.15, -0.1) is 0 Å². The van der Waals surface area contributed by atoms with Crippen molar-refractivity contribution in [2.24, 2.45) is 0 Å². The van der Waals surface area contributed by atoms with E-state index in [0.717, 1.165) is 19.1 Å². The van der Waals surface area contributed by atoms with E-state index in [1.54, 1.807) is 0 Å². The van der Waals surface area contributed by atoms with Gasteiger partial charge in [0.25, 0.3) is 0 Å². The van der Waals surface area contributed by atoms with E-state index in [0.29, 0.717) is 6.42 Å². The molecule has 0 saturated carbocycles. The van der Waals surface area contributed by atoms with Crippen LogP contribution in [0.1, 0.15) is 26.2 Å². The molecule has 0 aliphatic heterocycles. The first-order valence-corrected chi connectivity index (χ1v) is 3.76. The van der Waals surface area contributed by atoms with E-state index in [9.17, 15) is 4.79 Å². The van der Waals surface area contributed by atoms with Gasteiger partial charge in [0.05, 0.1) is 6.26 Å². The van der Waals surface area contributed by atoms with Crippen LogP contribution in [0.3, 0.4) is 0 Å². The molecule has 0 N–H and O–H groups in total. The highest BCUT2D eigenvalue weighted by Crippen LogP contribution is 1.95. The Morgan fingerprint density at radius 2 is 2.27 bits per heavy atom. The number of carbonyl (C=O) groups is 1. The van der Waals surface area contributed by atoms with E-state index in [4.69, 9.17) is 0 Å². The van der Waals surface area contributed by atoms with Gasteiger partial charge in [0.15, 0.2) is 0 Å². The van der Waals surface area contributed by atoms with Gasteiger partial charge in [-0.2, -0.15) is 0 Å². The predicted octanol–water partition coefficient (Wildman–Crippen LogP) is 2.42. The molecule has 11 heavy (non-hydrogen) atoms. The molecule has 0 amide bonds. The second-order valence-corrected chi connectivity index (χ2v) is 2.07. The monoisotopic (exact) mass is 154 g/mol. The standard InChI is InChI=1S/C9H14O2/c1-3-5-6-7-8-9(10)11-4-2/h4-6H,2-3,7-8H2,1H3. The van der Waals surface area contributed by atoms with Gasteiger partial charge in [0, 0.05) is 6.42 Å². The zero-order valence-corrected chi connectivity index (χ0v) is 6.88. The van der Waals surface area contributed by atoms with Crippen LogP contribution in [0.25, 0.3) is 0 Å². The van der Waals surface area contributed by atoms with Crippen molar-refractivity contribution in [1.29, 1.82) is 0 Å². The van der Waals surface area contributed by atoms with Crippen LogP contribution in [0.4, 0.5) is 0 Å². The van der Waals surface area contributed by atoms with E-state index in [-0.39, 0.29) is 5.97 Å². The number of ether oxygens (including phenoxy) is 1. The van der Waals surface area contributed by atoms with Crippen LogP contribution in [-0.2, 0) is 9.53 Å². The number of hydrogen-bond donors (Lipinski definition) is 0. The molecule has 62 valence electrons. The maximum atomic E-state index is 10.7. The third kappa shape index (κ3) is 6.84. The minimum absolute atomic E-state index is 0.222. The molecular weight excluding hydrogens is 140 g/mol. The quantitative estimate of drug-likeness (QED) is 0.345. The molecule has 2 heteroatoms. The first kappa shape index (κ1) is 9.95. The van der Waals surface area contributed by atoms with Crippen molar-refractivity contribution >= 4 is 5.97 Å². The van der Waals surface area contributed by atoms with Gasteiger partial charge in [-0.25, -0.2) is 0 Å². The molecular formula is C9H14O2. The second-order valence-electron chi connectivity index (χ2n) is 2.07. The minimum atomic E-state index is -0.222. The summed E-state index contributed by atoms with van der Waals surface area (Å²) in [6.45, 7) is 5.34. The summed E-state index contributed by atoms with van der Waals surface area (Å²) in [5, 5.41) is 0. The molecule has 0 unspecified atom stereocenters. The van der Waals surface area contributed by atoms with Crippen molar-refractivity contribution < 1.29 is 9.53 Å². The molecule has 0 atom stereocenters. The lowest BCUT2D eigenvalue weighted by Crippen LogP contribution is -1.97. The molecule has 0 radical (unpaired) electrons. The van der Waals surface area contributed by atoms with Gasteiger partial charge in [-0.05, 0) is 12.8 Å². The molecule has 0 aliphatic carbocycles. The minimum Gasteiger partial charge on any atom is -0.435 e. The van der Waals surface area contributed by atoms with Crippen molar-refractivity contribution in [3.05, 3.63) is 25.0 Å². The fourth-order valence-corrected chi connectivity index (χ4v) is 0.638. The van der Waals surface area contributed by atoms with Crippen molar-refractivity contribution in [2.75, 3.05) is 0 Å². The van der Waals surface area contributed by atoms with Crippen LogP contribution in [0.15, 0.2) is 25.0 Å². The molecule has 0 aliphatic rings. The Hall–Kier alpha value is -1.05. The zero-order valence-electron chi connectivity index (χ0n) is 6.88. The lowest BCUT2D eigenvalue weighted by molar-refractivity contribution is -0.137. The van der Waals surface area contributed by atoms with Gasteiger partial charge in [-0.3, -0.25) is 4.79 Å². The van der Waals surface area contributed by atoms with Crippen LogP contribution in [0.5, 0.6) is 0 Å². The van der Waals surface area contributed by atoms with Gasteiger partial charge in [-0.1, -0.05) is 25.7 Å². The molecule has 0 saturated heterocycles. The maximum absolute atomic E-state index is 10.7. The molecule has 0 aromatic rings. The SMILES string of the molecule is C=COC(=O)CCC=CCC. The largest absolute Gasteiger partial charge is 0.435 e. The Morgan fingerprint density at radius 1 is 1.55 bits per heavy atom.